The van der Waals surface area contributed by atoms with Gasteiger partial charge in [-0.15, -0.1) is 0 Å². The van der Waals surface area contributed by atoms with Gasteiger partial charge in [0.15, 0.2) is 0 Å². The van der Waals surface area contributed by atoms with Crippen molar-refractivity contribution in [3.8, 4) is 0 Å². The lowest BCUT2D eigenvalue weighted by molar-refractivity contribution is 0.0182. The fraction of sp³-hybridized carbons (Fsp3) is 0.769. The Kier molecular flexibility index (Phi) is 4.57. The van der Waals surface area contributed by atoms with Crippen molar-refractivity contribution in [3.05, 3.63) is 12.2 Å². The van der Waals surface area contributed by atoms with Crippen LogP contribution in [0, 0.1) is 5.92 Å². The summed E-state index contributed by atoms with van der Waals surface area (Å²) in [4.78, 5) is 13.7. The SMILES string of the molecule is C=C(CN)C1CCCN(C(=O)OC(C)(C)C)C1. The lowest BCUT2D eigenvalue weighted by Crippen LogP contribution is -2.43. The minimum absolute atomic E-state index is 0.230. The molecule has 4 nitrogen and oxygen atoms in total. The third-order valence-electron chi connectivity index (χ3n) is 2.91. The molecule has 0 saturated carbocycles. The number of carbonyl (C=O) groups excluding carboxylic acids is 1. The van der Waals surface area contributed by atoms with Crippen molar-refractivity contribution in [2.45, 2.75) is 39.2 Å². The summed E-state index contributed by atoms with van der Waals surface area (Å²) in [5.74, 6) is 0.321. The van der Waals surface area contributed by atoms with Gasteiger partial charge in [0.25, 0.3) is 0 Å². The molecule has 1 heterocycles. The Morgan fingerprint density at radius 3 is 2.71 bits per heavy atom. The zero-order chi connectivity index (χ0) is 13.1. The summed E-state index contributed by atoms with van der Waals surface area (Å²) in [6.07, 6.45) is 1.82. The molecule has 0 aliphatic carbocycles. The lowest BCUT2D eigenvalue weighted by atomic mass is 9.91. The zero-order valence-electron chi connectivity index (χ0n) is 11.2. The van der Waals surface area contributed by atoms with Gasteiger partial charge in [-0.2, -0.15) is 0 Å². The van der Waals surface area contributed by atoms with Crippen molar-refractivity contribution in [2.75, 3.05) is 19.6 Å². The smallest absolute Gasteiger partial charge is 0.410 e. The number of likely N-dealkylation sites (tertiary alicyclic amines) is 1. The molecule has 17 heavy (non-hydrogen) atoms. The summed E-state index contributed by atoms with van der Waals surface area (Å²) in [5, 5.41) is 0. The second-order valence-electron chi connectivity index (χ2n) is 5.63. The van der Waals surface area contributed by atoms with Crippen molar-refractivity contribution >= 4 is 6.09 Å². The van der Waals surface area contributed by atoms with E-state index in [2.05, 4.69) is 6.58 Å². The van der Waals surface area contributed by atoms with E-state index in [-0.39, 0.29) is 6.09 Å². The zero-order valence-corrected chi connectivity index (χ0v) is 11.2. The van der Waals surface area contributed by atoms with E-state index in [0.717, 1.165) is 25.0 Å². The van der Waals surface area contributed by atoms with E-state index in [1.807, 2.05) is 20.8 Å². The molecule has 1 atom stereocenters. The standard InChI is InChI=1S/C13H24N2O2/c1-10(8-14)11-6-5-7-15(9-11)12(16)17-13(2,3)4/h11H,1,5-9,14H2,2-4H3. The van der Waals surface area contributed by atoms with Crippen LogP contribution in [0.25, 0.3) is 0 Å². The number of piperidine rings is 1. The first-order valence-electron chi connectivity index (χ1n) is 6.19. The Bertz CT molecular complexity index is 294. The summed E-state index contributed by atoms with van der Waals surface area (Å²) in [5.41, 5.74) is 6.18. The molecule has 0 aromatic carbocycles. The highest BCUT2D eigenvalue weighted by molar-refractivity contribution is 5.68. The first-order valence-corrected chi connectivity index (χ1v) is 6.19. The third kappa shape index (κ3) is 4.38. The molecule has 1 aliphatic rings. The molecule has 1 saturated heterocycles. The van der Waals surface area contributed by atoms with Gasteiger partial charge in [-0.25, -0.2) is 4.79 Å². The maximum absolute atomic E-state index is 11.9. The Morgan fingerprint density at radius 2 is 2.18 bits per heavy atom. The summed E-state index contributed by atoms with van der Waals surface area (Å²) >= 11 is 0. The van der Waals surface area contributed by atoms with Gasteiger partial charge in [0.1, 0.15) is 5.60 Å². The average Bonchev–Trinajstić information content (AvgIpc) is 2.26. The molecule has 98 valence electrons. The van der Waals surface area contributed by atoms with E-state index in [1.54, 1.807) is 4.90 Å². The summed E-state index contributed by atoms with van der Waals surface area (Å²) in [7, 11) is 0. The molecule has 1 rings (SSSR count). The number of amides is 1. The average molecular weight is 240 g/mol. The molecule has 0 radical (unpaired) electrons. The Balaban J connectivity index is 2.55. The van der Waals surface area contributed by atoms with Crippen molar-refractivity contribution in [2.24, 2.45) is 11.7 Å². The van der Waals surface area contributed by atoms with Crippen LogP contribution in [-0.4, -0.2) is 36.2 Å². The van der Waals surface area contributed by atoms with Crippen LogP contribution in [0.5, 0.6) is 0 Å². The van der Waals surface area contributed by atoms with Gasteiger partial charge in [0, 0.05) is 19.6 Å². The van der Waals surface area contributed by atoms with Crippen molar-refractivity contribution in [1.82, 2.24) is 4.90 Å². The molecular formula is C13H24N2O2. The van der Waals surface area contributed by atoms with Crippen LogP contribution in [0.3, 0.4) is 0 Å². The highest BCUT2D eigenvalue weighted by Crippen LogP contribution is 2.23. The molecule has 1 unspecified atom stereocenters. The maximum Gasteiger partial charge on any atom is 0.410 e. The molecule has 1 aliphatic heterocycles. The Labute approximate surface area is 104 Å². The van der Waals surface area contributed by atoms with E-state index in [0.29, 0.717) is 19.0 Å². The van der Waals surface area contributed by atoms with Crippen LogP contribution in [0.2, 0.25) is 0 Å². The van der Waals surface area contributed by atoms with E-state index < -0.39 is 5.60 Å². The van der Waals surface area contributed by atoms with Crippen LogP contribution >= 0.6 is 0 Å². The van der Waals surface area contributed by atoms with E-state index >= 15 is 0 Å². The van der Waals surface area contributed by atoms with Crippen LogP contribution < -0.4 is 5.73 Å². The number of ether oxygens (including phenoxy) is 1. The van der Waals surface area contributed by atoms with Gasteiger partial charge < -0.3 is 15.4 Å². The molecular weight excluding hydrogens is 216 g/mol. The number of hydrogen-bond acceptors (Lipinski definition) is 3. The number of carbonyl (C=O) groups is 1. The second-order valence-corrected chi connectivity index (χ2v) is 5.63. The largest absolute Gasteiger partial charge is 0.444 e. The molecule has 2 N–H and O–H groups in total. The second kappa shape index (κ2) is 5.54. The predicted molar refractivity (Wildman–Crippen MR) is 68.7 cm³/mol. The van der Waals surface area contributed by atoms with Crippen LogP contribution in [0.15, 0.2) is 12.2 Å². The fourth-order valence-corrected chi connectivity index (χ4v) is 1.97. The highest BCUT2D eigenvalue weighted by atomic mass is 16.6. The minimum Gasteiger partial charge on any atom is -0.444 e. The molecule has 1 amide bonds. The maximum atomic E-state index is 11.9. The third-order valence-corrected chi connectivity index (χ3v) is 2.91. The van der Waals surface area contributed by atoms with Gasteiger partial charge in [-0.3, -0.25) is 0 Å². The van der Waals surface area contributed by atoms with Gasteiger partial charge in [-0.1, -0.05) is 12.2 Å². The van der Waals surface area contributed by atoms with E-state index in [1.165, 1.54) is 0 Å². The number of rotatable bonds is 2. The quantitative estimate of drug-likeness (QED) is 0.752. The highest BCUT2D eigenvalue weighted by Gasteiger charge is 2.28. The van der Waals surface area contributed by atoms with Crippen LogP contribution in [0.1, 0.15) is 33.6 Å². The monoisotopic (exact) mass is 240 g/mol. The van der Waals surface area contributed by atoms with Crippen molar-refractivity contribution in [1.29, 1.82) is 0 Å². The first kappa shape index (κ1) is 14.0. The molecule has 0 aromatic heterocycles. The topological polar surface area (TPSA) is 55.6 Å². The minimum atomic E-state index is -0.436. The van der Waals surface area contributed by atoms with Crippen LogP contribution in [-0.2, 0) is 4.74 Å². The van der Waals surface area contributed by atoms with Crippen molar-refractivity contribution < 1.29 is 9.53 Å². The molecule has 0 spiro atoms. The van der Waals surface area contributed by atoms with Gasteiger partial charge >= 0.3 is 6.09 Å². The van der Waals surface area contributed by atoms with Crippen molar-refractivity contribution in [3.63, 3.8) is 0 Å². The summed E-state index contributed by atoms with van der Waals surface area (Å²) in [6.45, 7) is 11.5. The van der Waals surface area contributed by atoms with E-state index in [9.17, 15) is 4.79 Å². The summed E-state index contributed by atoms with van der Waals surface area (Å²) in [6, 6.07) is 0. The fourth-order valence-electron chi connectivity index (χ4n) is 1.97. The number of hydrogen-bond donors (Lipinski definition) is 1. The molecule has 4 heteroatoms. The molecule has 0 bridgehead atoms. The molecule has 0 aromatic rings. The van der Waals surface area contributed by atoms with Gasteiger partial charge in [0.2, 0.25) is 0 Å². The first-order chi connectivity index (χ1) is 7.83. The lowest BCUT2D eigenvalue weighted by Gasteiger charge is -2.34. The van der Waals surface area contributed by atoms with E-state index in [4.69, 9.17) is 10.5 Å². The predicted octanol–water partition coefficient (Wildman–Crippen LogP) is 2.15. The van der Waals surface area contributed by atoms with Gasteiger partial charge in [0.05, 0.1) is 0 Å². The Morgan fingerprint density at radius 1 is 1.53 bits per heavy atom. The van der Waals surface area contributed by atoms with Gasteiger partial charge in [-0.05, 0) is 39.5 Å². The van der Waals surface area contributed by atoms with Crippen LogP contribution in [0.4, 0.5) is 4.79 Å². The Hall–Kier alpha value is -1.03. The normalized spacial score (nSPS) is 21.2. The number of nitrogens with two attached hydrogens (primary N) is 1. The summed E-state index contributed by atoms with van der Waals surface area (Å²) < 4.78 is 5.36. The number of nitrogens with zero attached hydrogens (tertiary/aromatic N) is 1. The molecule has 1 fully saturated rings.